The van der Waals surface area contributed by atoms with E-state index in [0.29, 0.717) is 11.8 Å². The number of halogens is 2. The molecule has 2 aromatic rings. The van der Waals surface area contributed by atoms with E-state index < -0.39 is 0 Å². The Morgan fingerprint density at radius 3 is 2.44 bits per heavy atom. The first-order valence-corrected chi connectivity index (χ1v) is 8.37. The Balaban J connectivity index is 0.00000113. The zero-order chi connectivity index (χ0) is 15.8. The number of aromatic nitrogens is 4. The lowest BCUT2D eigenvalue weighted by atomic mass is 10.0. The van der Waals surface area contributed by atoms with E-state index in [2.05, 4.69) is 20.6 Å². The molecule has 4 rings (SSSR count). The zero-order valence-corrected chi connectivity index (χ0v) is 16.1. The van der Waals surface area contributed by atoms with Crippen molar-refractivity contribution in [2.45, 2.75) is 19.8 Å². The molecule has 8 heteroatoms. The zero-order valence-electron chi connectivity index (χ0n) is 14.5. The van der Waals surface area contributed by atoms with Crippen molar-refractivity contribution in [2.75, 3.05) is 19.7 Å². The number of ether oxygens (including phenoxy) is 1. The Morgan fingerprint density at radius 2 is 1.88 bits per heavy atom. The van der Waals surface area contributed by atoms with Crippen molar-refractivity contribution in [3.8, 4) is 17.3 Å². The van der Waals surface area contributed by atoms with Crippen LogP contribution in [0.1, 0.15) is 18.4 Å². The van der Waals surface area contributed by atoms with Gasteiger partial charge in [0.15, 0.2) is 0 Å². The van der Waals surface area contributed by atoms with Crippen molar-refractivity contribution in [3.63, 3.8) is 0 Å². The van der Waals surface area contributed by atoms with Gasteiger partial charge in [0.1, 0.15) is 5.69 Å². The third-order valence-electron chi connectivity index (χ3n) is 5.22. The van der Waals surface area contributed by atoms with Gasteiger partial charge in [-0.25, -0.2) is 0 Å². The van der Waals surface area contributed by atoms with Gasteiger partial charge in [-0.3, -0.25) is 4.68 Å². The number of nitrogens with one attached hydrogen (secondary N) is 1. The van der Waals surface area contributed by atoms with Crippen molar-refractivity contribution < 1.29 is 4.74 Å². The molecule has 1 aliphatic carbocycles. The number of nitrogens with zero attached hydrogens (tertiary/aromatic N) is 4. The molecule has 2 fully saturated rings. The predicted molar refractivity (Wildman–Crippen MR) is 102 cm³/mol. The molecule has 0 aromatic carbocycles. The molecular weight excluding hydrogens is 361 g/mol. The Kier molecular flexibility index (Phi) is 6.65. The minimum absolute atomic E-state index is 0. The van der Waals surface area contributed by atoms with Crippen LogP contribution in [-0.4, -0.2) is 39.7 Å². The summed E-state index contributed by atoms with van der Waals surface area (Å²) in [6.07, 6.45) is 4.39. The van der Waals surface area contributed by atoms with Gasteiger partial charge in [-0.1, -0.05) is 0 Å². The molecule has 3 heterocycles. The van der Waals surface area contributed by atoms with Crippen LogP contribution in [0, 0.1) is 24.7 Å². The molecule has 0 spiro atoms. The average Bonchev–Trinajstić information content (AvgIpc) is 3.21. The molecule has 1 aliphatic heterocycles. The van der Waals surface area contributed by atoms with Gasteiger partial charge in [-0.15, -0.1) is 35.0 Å². The minimum Gasteiger partial charge on any atom is -0.476 e. The van der Waals surface area contributed by atoms with Crippen molar-refractivity contribution in [1.29, 1.82) is 0 Å². The van der Waals surface area contributed by atoms with E-state index in [4.69, 9.17) is 4.74 Å². The number of rotatable bonds is 4. The van der Waals surface area contributed by atoms with Crippen molar-refractivity contribution >= 4 is 24.8 Å². The lowest BCUT2D eigenvalue weighted by molar-refractivity contribution is 0.234. The molecule has 3 atom stereocenters. The van der Waals surface area contributed by atoms with Crippen LogP contribution in [0.25, 0.3) is 11.4 Å². The molecule has 1 saturated carbocycles. The smallest absolute Gasteiger partial charge is 0.233 e. The summed E-state index contributed by atoms with van der Waals surface area (Å²) in [4.78, 5) is 0. The lowest BCUT2D eigenvalue weighted by Crippen LogP contribution is -2.16. The van der Waals surface area contributed by atoms with Gasteiger partial charge in [-0.05, 0) is 62.2 Å². The van der Waals surface area contributed by atoms with Gasteiger partial charge in [-0.2, -0.15) is 5.10 Å². The van der Waals surface area contributed by atoms with Crippen LogP contribution in [-0.2, 0) is 7.05 Å². The van der Waals surface area contributed by atoms with Crippen LogP contribution in [0.4, 0.5) is 0 Å². The molecule has 0 bridgehead atoms. The van der Waals surface area contributed by atoms with Crippen LogP contribution < -0.4 is 10.1 Å². The Morgan fingerprint density at radius 1 is 1.16 bits per heavy atom. The molecule has 6 nitrogen and oxygen atoms in total. The largest absolute Gasteiger partial charge is 0.476 e. The van der Waals surface area contributed by atoms with Crippen molar-refractivity contribution in [3.05, 3.63) is 23.9 Å². The summed E-state index contributed by atoms with van der Waals surface area (Å²) in [5, 5.41) is 16.2. The van der Waals surface area contributed by atoms with Crippen LogP contribution in [0.5, 0.6) is 5.88 Å². The van der Waals surface area contributed by atoms with Gasteiger partial charge >= 0.3 is 0 Å². The van der Waals surface area contributed by atoms with Crippen LogP contribution in [0.2, 0.25) is 0 Å². The molecule has 138 valence electrons. The second kappa shape index (κ2) is 8.34. The van der Waals surface area contributed by atoms with E-state index in [1.165, 1.54) is 25.9 Å². The standard InChI is InChI=1S/C17H23N5O.2ClH/c1-11-7-19-22(2)17(11)15-3-4-16(21-20-15)23-10-12-5-13-8-18-9-14(13)6-12;;/h3-4,7,12-14,18H,5-6,8-10H2,1-2H3;2*1H/t12?,13-,14?;;/m1../s1. The molecule has 0 amide bonds. The number of fused-ring (bicyclic) bond motifs is 1. The topological polar surface area (TPSA) is 64.9 Å². The summed E-state index contributed by atoms with van der Waals surface area (Å²) in [6.45, 7) is 5.14. The Labute approximate surface area is 160 Å². The maximum atomic E-state index is 5.87. The first-order valence-electron chi connectivity index (χ1n) is 8.37. The summed E-state index contributed by atoms with van der Waals surface area (Å²) < 4.78 is 7.70. The summed E-state index contributed by atoms with van der Waals surface area (Å²) in [5.41, 5.74) is 2.93. The van der Waals surface area contributed by atoms with Crippen molar-refractivity contribution in [2.24, 2.45) is 24.8 Å². The first kappa shape index (κ1) is 19.9. The fourth-order valence-electron chi connectivity index (χ4n) is 4.07. The van der Waals surface area contributed by atoms with Crippen LogP contribution in [0.3, 0.4) is 0 Å². The first-order chi connectivity index (χ1) is 11.2. The quantitative estimate of drug-likeness (QED) is 0.875. The second-order valence-corrected chi connectivity index (χ2v) is 6.88. The van der Waals surface area contributed by atoms with Gasteiger partial charge in [0.05, 0.1) is 18.5 Å². The molecule has 0 radical (unpaired) electrons. The normalized spacial score (nSPS) is 24.3. The lowest BCUT2D eigenvalue weighted by Gasteiger charge is -2.12. The second-order valence-electron chi connectivity index (χ2n) is 6.88. The van der Waals surface area contributed by atoms with Gasteiger partial charge in [0, 0.05) is 13.1 Å². The molecule has 1 saturated heterocycles. The van der Waals surface area contributed by atoms with E-state index in [1.807, 2.05) is 37.0 Å². The fraction of sp³-hybridized carbons (Fsp3) is 0.588. The van der Waals surface area contributed by atoms with Crippen molar-refractivity contribution in [1.82, 2.24) is 25.3 Å². The molecule has 1 N–H and O–H groups in total. The number of aryl methyl sites for hydroxylation is 2. The van der Waals surface area contributed by atoms with E-state index in [-0.39, 0.29) is 24.8 Å². The van der Waals surface area contributed by atoms with Crippen LogP contribution >= 0.6 is 24.8 Å². The minimum atomic E-state index is 0. The van der Waals surface area contributed by atoms with Gasteiger partial charge in [0.2, 0.25) is 5.88 Å². The highest BCUT2D eigenvalue weighted by Gasteiger charge is 2.37. The third-order valence-corrected chi connectivity index (χ3v) is 5.22. The van der Waals surface area contributed by atoms with E-state index in [0.717, 1.165) is 35.4 Å². The molecule has 2 unspecified atom stereocenters. The highest BCUT2D eigenvalue weighted by Crippen LogP contribution is 2.38. The van der Waals surface area contributed by atoms with Gasteiger partial charge < -0.3 is 10.1 Å². The number of hydrogen-bond donors (Lipinski definition) is 1. The molecule has 2 aliphatic rings. The monoisotopic (exact) mass is 385 g/mol. The van der Waals surface area contributed by atoms with E-state index in [1.54, 1.807) is 0 Å². The molecular formula is C17H25Cl2N5O. The van der Waals surface area contributed by atoms with Crippen LogP contribution in [0.15, 0.2) is 18.3 Å². The average molecular weight is 386 g/mol. The number of hydrogen-bond acceptors (Lipinski definition) is 5. The summed E-state index contributed by atoms with van der Waals surface area (Å²) in [5.74, 6) is 2.98. The maximum Gasteiger partial charge on any atom is 0.233 e. The predicted octanol–water partition coefficient (Wildman–Crippen LogP) is 2.65. The van der Waals surface area contributed by atoms with E-state index in [9.17, 15) is 0 Å². The van der Waals surface area contributed by atoms with Gasteiger partial charge in [0.25, 0.3) is 0 Å². The SMILES string of the molecule is Cc1cnn(C)c1-c1ccc(OCC2CC3CNC[C@H]3C2)nn1.Cl.Cl. The summed E-state index contributed by atoms with van der Waals surface area (Å²) in [6, 6.07) is 3.87. The fourth-order valence-corrected chi connectivity index (χ4v) is 4.07. The Bertz CT molecular complexity index is 659. The highest BCUT2D eigenvalue weighted by atomic mass is 35.5. The summed E-state index contributed by atoms with van der Waals surface area (Å²) >= 11 is 0. The maximum absolute atomic E-state index is 5.87. The third kappa shape index (κ3) is 4.07. The summed E-state index contributed by atoms with van der Waals surface area (Å²) in [7, 11) is 1.92. The molecule has 2 aromatic heterocycles. The van der Waals surface area contributed by atoms with E-state index >= 15 is 0 Å². The molecule has 25 heavy (non-hydrogen) atoms. The Hall–Kier alpha value is -1.37. The highest BCUT2D eigenvalue weighted by molar-refractivity contribution is 5.85.